The second-order valence-electron chi connectivity index (χ2n) is 3.10. The Bertz CT molecular complexity index is 286. The Hall–Kier alpha value is -0.590. The van der Waals surface area contributed by atoms with Crippen molar-refractivity contribution in [2.24, 2.45) is 5.73 Å². The van der Waals surface area contributed by atoms with Gasteiger partial charge in [0.1, 0.15) is 0 Å². The summed E-state index contributed by atoms with van der Waals surface area (Å²) < 4.78 is 10.6. The minimum absolute atomic E-state index is 0.307. The smallest absolute Gasteiger partial charge is 0.276 e. The van der Waals surface area contributed by atoms with Gasteiger partial charge >= 0.3 is 0 Å². The zero-order chi connectivity index (χ0) is 9.80. The summed E-state index contributed by atoms with van der Waals surface area (Å²) in [5.41, 5.74) is 5.37. The van der Waals surface area contributed by atoms with Crippen LogP contribution in [0.25, 0.3) is 0 Å². The van der Waals surface area contributed by atoms with E-state index >= 15 is 0 Å². The lowest BCUT2D eigenvalue weighted by atomic mass is 10.2. The van der Waals surface area contributed by atoms with Crippen LogP contribution in [0.15, 0.2) is 9.64 Å². The number of thioether (sulfide) groups is 1. The molecule has 0 amide bonds. The maximum Gasteiger partial charge on any atom is 0.276 e. The predicted octanol–water partition coefficient (Wildman–Crippen LogP) is 0.799. The van der Waals surface area contributed by atoms with Gasteiger partial charge in [0.25, 0.3) is 5.22 Å². The van der Waals surface area contributed by atoms with Gasteiger partial charge in [-0.1, -0.05) is 11.8 Å². The second-order valence-corrected chi connectivity index (χ2v) is 4.35. The molecule has 1 aliphatic heterocycles. The molecule has 6 heteroatoms. The van der Waals surface area contributed by atoms with Crippen molar-refractivity contribution in [2.45, 2.75) is 29.9 Å². The van der Waals surface area contributed by atoms with Crippen molar-refractivity contribution in [2.75, 3.05) is 13.2 Å². The Labute approximate surface area is 86.4 Å². The van der Waals surface area contributed by atoms with E-state index in [1.807, 2.05) is 0 Å². The molecule has 2 heterocycles. The van der Waals surface area contributed by atoms with Gasteiger partial charge in [0.05, 0.1) is 6.54 Å². The van der Waals surface area contributed by atoms with Crippen LogP contribution in [0.4, 0.5) is 0 Å². The Morgan fingerprint density at radius 2 is 2.14 bits per heavy atom. The summed E-state index contributed by atoms with van der Waals surface area (Å²) in [5, 5.41) is 8.87. The molecule has 2 N–H and O–H groups in total. The summed E-state index contributed by atoms with van der Waals surface area (Å²) in [6.07, 6.45) is 2.09. The largest absolute Gasteiger partial charge is 0.415 e. The van der Waals surface area contributed by atoms with E-state index in [2.05, 4.69) is 10.2 Å². The van der Waals surface area contributed by atoms with E-state index in [9.17, 15) is 0 Å². The first-order valence-corrected chi connectivity index (χ1v) is 5.53. The average molecular weight is 215 g/mol. The predicted molar refractivity (Wildman–Crippen MR) is 51.9 cm³/mol. The molecular weight excluding hydrogens is 202 g/mol. The molecule has 2 rings (SSSR count). The fourth-order valence-electron chi connectivity index (χ4n) is 1.30. The van der Waals surface area contributed by atoms with Crippen LogP contribution in [0.3, 0.4) is 0 Å². The van der Waals surface area contributed by atoms with Gasteiger partial charge in [-0.25, -0.2) is 0 Å². The monoisotopic (exact) mass is 215 g/mol. The first-order valence-electron chi connectivity index (χ1n) is 4.65. The zero-order valence-corrected chi connectivity index (χ0v) is 8.63. The fraction of sp³-hybridized carbons (Fsp3) is 0.750. The molecule has 1 fully saturated rings. The number of hydrogen-bond donors (Lipinski definition) is 1. The van der Waals surface area contributed by atoms with Gasteiger partial charge in [-0.15, -0.1) is 10.2 Å². The maximum atomic E-state index is 5.37. The van der Waals surface area contributed by atoms with Crippen LogP contribution in [0.2, 0.25) is 0 Å². The number of nitrogens with two attached hydrogens (primary N) is 1. The van der Waals surface area contributed by atoms with E-state index in [-0.39, 0.29) is 0 Å². The minimum Gasteiger partial charge on any atom is -0.415 e. The second kappa shape index (κ2) is 4.77. The van der Waals surface area contributed by atoms with Crippen LogP contribution in [-0.2, 0) is 11.3 Å². The molecule has 5 nitrogen and oxygen atoms in total. The molecule has 0 aliphatic carbocycles. The minimum atomic E-state index is 0.307. The van der Waals surface area contributed by atoms with Gasteiger partial charge in [0.15, 0.2) is 0 Å². The van der Waals surface area contributed by atoms with Crippen LogP contribution < -0.4 is 5.73 Å². The number of rotatable bonds is 3. The van der Waals surface area contributed by atoms with Crippen LogP contribution in [0.1, 0.15) is 18.7 Å². The van der Waals surface area contributed by atoms with Crippen LogP contribution in [0.5, 0.6) is 0 Å². The van der Waals surface area contributed by atoms with Crippen LogP contribution >= 0.6 is 11.8 Å². The van der Waals surface area contributed by atoms with E-state index in [0.717, 1.165) is 26.1 Å². The standard InChI is InChI=1S/C8H13N3O2S/c9-5-7-10-11-8(13-7)14-6-1-3-12-4-2-6/h6H,1-5,9H2. The SMILES string of the molecule is NCc1nnc(SC2CCOCC2)o1. The average Bonchev–Trinajstić information content (AvgIpc) is 2.67. The van der Waals surface area contributed by atoms with E-state index in [1.165, 1.54) is 0 Å². The molecule has 1 aromatic rings. The molecule has 1 aliphatic rings. The van der Waals surface area contributed by atoms with E-state index in [4.69, 9.17) is 14.9 Å². The first kappa shape index (κ1) is 9.95. The Morgan fingerprint density at radius 1 is 1.36 bits per heavy atom. The third-order valence-corrected chi connectivity index (χ3v) is 3.23. The van der Waals surface area contributed by atoms with Crippen molar-refractivity contribution in [3.05, 3.63) is 5.89 Å². The highest BCUT2D eigenvalue weighted by atomic mass is 32.2. The number of aromatic nitrogens is 2. The summed E-state index contributed by atoms with van der Waals surface area (Å²) in [6.45, 7) is 1.96. The third-order valence-electron chi connectivity index (χ3n) is 2.06. The maximum absolute atomic E-state index is 5.37. The normalized spacial score (nSPS) is 18.6. The van der Waals surface area contributed by atoms with Gasteiger partial charge in [0, 0.05) is 18.5 Å². The van der Waals surface area contributed by atoms with Crippen molar-refractivity contribution < 1.29 is 9.15 Å². The molecule has 1 saturated heterocycles. The van der Waals surface area contributed by atoms with Gasteiger partial charge in [0.2, 0.25) is 5.89 Å². The highest BCUT2D eigenvalue weighted by Crippen LogP contribution is 2.28. The van der Waals surface area contributed by atoms with Crippen LogP contribution in [0, 0.1) is 0 Å². The molecule has 0 spiro atoms. The number of nitrogens with zero attached hydrogens (tertiary/aromatic N) is 2. The van der Waals surface area contributed by atoms with Crippen molar-refractivity contribution in [3.63, 3.8) is 0 Å². The molecule has 0 aromatic carbocycles. The fourth-order valence-corrected chi connectivity index (χ4v) is 2.25. The molecule has 78 valence electrons. The van der Waals surface area contributed by atoms with Crippen molar-refractivity contribution in [3.8, 4) is 0 Å². The lowest BCUT2D eigenvalue weighted by Crippen LogP contribution is -2.17. The quantitative estimate of drug-likeness (QED) is 0.804. The molecule has 1 aromatic heterocycles. The number of ether oxygens (including phenoxy) is 1. The summed E-state index contributed by atoms with van der Waals surface area (Å²) in [5.74, 6) is 0.500. The zero-order valence-electron chi connectivity index (χ0n) is 7.81. The van der Waals surface area contributed by atoms with Gasteiger partial charge in [-0.05, 0) is 12.8 Å². The molecule has 0 bridgehead atoms. The molecule has 0 saturated carbocycles. The highest BCUT2D eigenvalue weighted by molar-refractivity contribution is 7.99. The summed E-state index contributed by atoms with van der Waals surface area (Å²) in [7, 11) is 0. The summed E-state index contributed by atoms with van der Waals surface area (Å²) in [4.78, 5) is 0. The molecule has 14 heavy (non-hydrogen) atoms. The summed E-state index contributed by atoms with van der Waals surface area (Å²) in [6, 6.07) is 0. The number of hydrogen-bond acceptors (Lipinski definition) is 6. The lowest BCUT2D eigenvalue weighted by molar-refractivity contribution is 0.0998. The van der Waals surface area contributed by atoms with Crippen molar-refractivity contribution in [1.82, 2.24) is 10.2 Å². The molecule has 0 radical (unpaired) electrons. The molecular formula is C8H13N3O2S. The highest BCUT2D eigenvalue weighted by Gasteiger charge is 2.18. The topological polar surface area (TPSA) is 74.2 Å². The van der Waals surface area contributed by atoms with E-state index in [1.54, 1.807) is 11.8 Å². The van der Waals surface area contributed by atoms with Gasteiger partial charge in [-0.3, -0.25) is 0 Å². The van der Waals surface area contributed by atoms with Crippen molar-refractivity contribution in [1.29, 1.82) is 0 Å². The Kier molecular flexibility index (Phi) is 3.39. The van der Waals surface area contributed by atoms with Crippen LogP contribution in [-0.4, -0.2) is 28.7 Å². The van der Waals surface area contributed by atoms with E-state index < -0.39 is 0 Å². The first-order chi connectivity index (χ1) is 6.88. The molecule has 0 atom stereocenters. The molecule has 0 unspecified atom stereocenters. The Balaban J connectivity index is 1.89. The van der Waals surface area contributed by atoms with Gasteiger partial charge in [-0.2, -0.15) is 0 Å². The lowest BCUT2D eigenvalue weighted by Gasteiger charge is -2.19. The Morgan fingerprint density at radius 3 is 2.79 bits per heavy atom. The summed E-state index contributed by atoms with van der Waals surface area (Å²) >= 11 is 1.62. The van der Waals surface area contributed by atoms with Crippen molar-refractivity contribution >= 4 is 11.8 Å². The van der Waals surface area contributed by atoms with E-state index in [0.29, 0.717) is 22.9 Å². The third kappa shape index (κ3) is 2.46. The van der Waals surface area contributed by atoms with Gasteiger partial charge < -0.3 is 14.9 Å².